The van der Waals surface area contributed by atoms with Crippen molar-refractivity contribution in [1.29, 1.82) is 0 Å². The number of ether oxygens (including phenoxy) is 3. The molecular formula is C22H28O7S. The van der Waals surface area contributed by atoms with E-state index in [2.05, 4.69) is 0 Å². The molecule has 2 aromatic carbocycles. The van der Waals surface area contributed by atoms with Crippen LogP contribution >= 0.6 is 0 Å². The zero-order valence-electron chi connectivity index (χ0n) is 17.5. The number of benzene rings is 2. The summed E-state index contributed by atoms with van der Waals surface area (Å²) >= 11 is 0. The van der Waals surface area contributed by atoms with Gasteiger partial charge in [-0.25, -0.2) is 4.79 Å². The largest absolute Gasteiger partial charge is 0.493 e. The number of rotatable bonds is 12. The van der Waals surface area contributed by atoms with Gasteiger partial charge in [0.05, 0.1) is 19.5 Å². The third kappa shape index (κ3) is 8.42. The molecule has 0 saturated carbocycles. The van der Waals surface area contributed by atoms with Gasteiger partial charge in [0.25, 0.3) is 0 Å². The minimum absolute atomic E-state index is 0.283. The van der Waals surface area contributed by atoms with Crippen molar-refractivity contribution in [2.24, 2.45) is 0 Å². The highest BCUT2D eigenvalue weighted by atomic mass is 32.2. The second kappa shape index (κ2) is 11.6. The molecule has 0 aliphatic heterocycles. The molecule has 0 N–H and O–H groups in total. The fourth-order valence-electron chi connectivity index (χ4n) is 2.76. The molecule has 7 nitrogen and oxygen atoms in total. The minimum Gasteiger partial charge on any atom is -0.493 e. The van der Waals surface area contributed by atoms with Crippen LogP contribution in [-0.4, -0.2) is 46.6 Å². The van der Waals surface area contributed by atoms with Crippen LogP contribution in [0.2, 0.25) is 0 Å². The molecule has 0 aliphatic carbocycles. The van der Waals surface area contributed by atoms with Crippen LogP contribution in [0, 0.1) is 0 Å². The SMILES string of the molecule is CCOC(=O)C(Cc1ccc(OCCc2ccc(OS(C)(=O)=O)cc2)cc1)OCC. The highest BCUT2D eigenvalue weighted by molar-refractivity contribution is 7.86. The van der Waals surface area contributed by atoms with Crippen molar-refractivity contribution >= 4 is 16.1 Å². The maximum absolute atomic E-state index is 12.0. The molecule has 8 heteroatoms. The number of carbonyl (C=O) groups excluding carboxylic acids is 1. The summed E-state index contributed by atoms with van der Waals surface area (Å²) < 4.78 is 43.4. The lowest BCUT2D eigenvalue weighted by Crippen LogP contribution is -2.28. The van der Waals surface area contributed by atoms with Gasteiger partial charge in [-0.05, 0) is 49.2 Å². The van der Waals surface area contributed by atoms with E-state index < -0.39 is 16.2 Å². The second-order valence-electron chi connectivity index (χ2n) is 6.57. The van der Waals surface area contributed by atoms with Gasteiger partial charge in [0, 0.05) is 19.4 Å². The summed E-state index contributed by atoms with van der Waals surface area (Å²) in [5.74, 6) is 0.651. The first kappa shape index (κ1) is 23.7. The maximum Gasteiger partial charge on any atom is 0.335 e. The molecule has 0 fully saturated rings. The van der Waals surface area contributed by atoms with Crippen LogP contribution in [0.1, 0.15) is 25.0 Å². The highest BCUT2D eigenvalue weighted by Crippen LogP contribution is 2.17. The zero-order valence-corrected chi connectivity index (χ0v) is 18.3. The van der Waals surface area contributed by atoms with Crippen molar-refractivity contribution in [1.82, 2.24) is 0 Å². The van der Waals surface area contributed by atoms with E-state index in [0.29, 0.717) is 32.7 Å². The van der Waals surface area contributed by atoms with E-state index in [1.165, 1.54) is 0 Å². The number of hydrogen-bond donors (Lipinski definition) is 0. The second-order valence-corrected chi connectivity index (χ2v) is 8.15. The van der Waals surface area contributed by atoms with Crippen LogP contribution in [0.4, 0.5) is 0 Å². The van der Waals surface area contributed by atoms with E-state index in [1.807, 2.05) is 31.2 Å². The molecule has 0 saturated heterocycles. The topological polar surface area (TPSA) is 88.1 Å². The van der Waals surface area contributed by atoms with Crippen LogP contribution in [0.25, 0.3) is 0 Å². The Morgan fingerprint density at radius 2 is 1.50 bits per heavy atom. The van der Waals surface area contributed by atoms with Crippen LogP contribution in [0.5, 0.6) is 11.5 Å². The van der Waals surface area contributed by atoms with Gasteiger partial charge in [-0.3, -0.25) is 0 Å². The molecule has 0 bridgehead atoms. The van der Waals surface area contributed by atoms with Gasteiger partial charge < -0.3 is 18.4 Å². The average Bonchev–Trinajstić information content (AvgIpc) is 2.69. The third-order valence-electron chi connectivity index (χ3n) is 4.09. The van der Waals surface area contributed by atoms with E-state index in [0.717, 1.165) is 23.1 Å². The van der Waals surface area contributed by atoms with E-state index in [4.69, 9.17) is 18.4 Å². The third-order valence-corrected chi connectivity index (χ3v) is 4.59. The summed E-state index contributed by atoms with van der Waals surface area (Å²) in [4.78, 5) is 12.0. The van der Waals surface area contributed by atoms with Gasteiger partial charge in [-0.1, -0.05) is 24.3 Å². The molecule has 0 amide bonds. The molecule has 0 heterocycles. The minimum atomic E-state index is -3.52. The van der Waals surface area contributed by atoms with Gasteiger partial charge in [-0.2, -0.15) is 8.42 Å². The molecule has 2 aromatic rings. The van der Waals surface area contributed by atoms with Gasteiger partial charge in [0.15, 0.2) is 6.10 Å². The first-order chi connectivity index (χ1) is 14.3. The van der Waals surface area contributed by atoms with E-state index in [-0.39, 0.29) is 11.7 Å². The summed E-state index contributed by atoms with van der Waals surface area (Å²) in [6.07, 6.45) is 1.50. The van der Waals surface area contributed by atoms with E-state index in [9.17, 15) is 13.2 Å². The summed E-state index contributed by atoms with van der Waals surface area (Å²) in [6.45, 7) is 4.84. The quantitative estimate of drug-likeness (QED) is 0.373. The summed E-state index contributed by atoms with van der Waals surface area (Å²) in [5.41, 5.74) is 1.96. The Hall–Kier alpha value is -2.58. The molecule has 0 aliphatic rings. The molecular weight excluding hydrogens is 408 g/mol. The Bertz CT molecular complexity index is 890. The lowest BCUT2D eigenvalue weighted by molar-refractivity contribution is -0.156. The van der Waals surface area contributed by atoms with Gasteiger partial charge in [0.2, 0.25) is 0 Å². The summed E-state index contributed by atoms with van der Waals surface area (Å²) in [7, 11) is -3.52. The monoisotopic (exact) mass is 436 g/mol. The normalized spacial score (nSPS) is 12.2. The van der Waals surface area contributed by atoms with Crippen LogP contribution in [0.15, 0.2) is 48.5 Å². The van der Waals surface area contributed by atoms with Crippen LogP contribution in [-0.2, 0) is 37.2 Å². The summed E-state index contributed by atoms with van der Waals surface area (Å²) in [5, 5.41) is 0. The maximum atomic E-state index is 12.0. The number of esters is 1. The zero-order chi connectivity index (χ0) is 22.0. The van der Waals surface area contributed by atoms with Crippen LogP contribution < -0.4 is 8.92 Å². The standard InChI is InChI=1S/C22H28O7S/c1-4-26-21(22(23)27-5-2)16-18-8-10-19(11-9-18)28-15-14-17-6-12-20(13-7-17)29-30(3,24)25/h6-13,21H,4-5,14-16H2,1-3H3. The first-order valence-corrected chi connectivity index (χ1v) is 11.6. The molecule has 0 radical (unpaired) electrons. The van der Waals surface area contributed by atoms with Crippen molar-refractivity contribution in [3.63, 3.8) is 0 Å². The number of hydrogen-bond acceptors (Lipinski definition) is 7. The van der Waals surface area contributed by atoms with Crippen molar-refractivity contribution in [2.75, 3.05) is 26.1 Å². The van der Waals surface area contributed by atoms with Gasteiger partial charge in [-0.15, -0.1) is 0 Å². The molecule has 1 unspecified atom stereocenters. The van der Waals surface area contributed by atoms with E-state index in [1.54, 1.807) is 31.2 Å². The predicted octanol–water partition coefficient (Wildman–Crippen LogP) is 3.16. The highest BCUT2D eigenvalue weighted by Gasteiger charge is 2.20. The van der Waals surface area contributed by atoms with Gasteiger partial charge >= 0.3 is 16.1 Å². The van der Waals surface area contributed by atoms with Gasteiger partial charge in [0.1, 0.15) is 11.5 Å². The average molecular weight is 437 g/mol. The lowest BCUT2D eigenvalue weighted by atomic mass is 10.1. The van der Waals surface area contributed by atoms with Crippen molar-refractivity contribution in [2.45, 2.75) is 32.8 Å². The van der Waals surface area contributed by atoms with Crippen molar-refractivity contribution in [3.8, 4) is 11.5 Å². The molecule has 164 valence electrons. The summed E-state index contributed by atoms with van der Waals surface area (Å²) in [6, 6.07) is 14.3. The molecule has 30 heavy (non-hydrogen) atoms. The molecule has 0 aromatic heterocycles. The fourth-order valence-corrected chi connectivity index (χ4v) is 3.22. The lowest BCUT2D eigenvalue weighted by Gasteiger charge is -2.15. The van der Waals surface area contributed by atoms with Crippen molar-refractivity contribution in [3.05, 3.63) is 59.7 Å². The van der Waals surface area contributed by atoms with E-state index >= 15 is 0 Å². The molecule has 2 rings (SSSR count). The molecule has 0 spiro atoms. The number of carbonyl (C=O) groups is 1. The molecule has 1 atom stereocenters. The Labute approximate surface area is 178 Å². The Kier molecular flexibility index (Phi) is 9.14. The smallest absolute Gasteiger partial charge is 0.335 e. The first-order valence-electron chi connectivity index (χ1n) is 9.79. The van der Waals surface area contributed by atoms with Crippen molar-refractivity contribution < 1.29 is 31.6 Å². The van der Waals surface area contributed by atoms with Crippen LogP contribution in [0.3, 0.4) is 0 Å². The Balaban J connectivity index is 1.83. The Morgan fingerprint density at radius 3 is 2.07 bits per heavy atom. The fraction of sp³-hybridized carbons (Fsp3) is 0.409. The Morgan fingerprint density at radius 1 is 0.900 bits per heavy atom. The predicted molar refractivity (Wildman–Crippen MR) is 113 cm³/mol.